The molecule has 10 aromatic rings. The highest BCUT2D eigenvalue weighted by Crippen LogP contribution is 2.42. The zero-order valence-corrected chi connectivity index (χ0v) is 29.4. The molecule has 0 N–H and O–H groups in total. The molecule has 7 heteroatoms. The van der Waals surface area contributed by atoms with Crippen LogP contribution in [0.2, 0.25) is 0 Å². The summed E-state index contributed by atoms with van der Waals surface area (Å²) >= 11 is 0. The summed E-state index contributed by atoms with van der Waals surface area (Å²) in [6.45, 7) is 0.485. The number of aromatic nitrogens is 2. The minimum Gasteiger partial charge on any atom is -0.336 e. The van der Waals surface area contributed by atoms with Crippen molar-refractivity contribution >= 4 is 71.4 Å². The van der Waals surface area contributed by atoms with E-state index in [-0.39, 0.29) is 13.1 Å². The summed E-state index contributed by atoms with van der Waals surface area (Å²) < 4.78 is 61.7. The summed E-state index contributed by atoms with van der Waals surface area (Å²) in [5, 5.41) is 6.27. The van der Waals surface area contributed by atoms with E-state index in [9.17, 15) is 17.6 Å². The monoisotopic (exact) mass is 725 g/mol. The molecule has 0 aliphatic carbocycles. The van der Waals surface area contributed by atoms with Gasteiger partial charge in [-0.15, -0.1) is 0 Å². The van der Waals surface area contributed by atoms with Crippen molar-refractivity contribution in [1.82, 2.24) is 9.13 Å². The molecule has 0 amide bonds. The van der Waals surface area contributed by atoms with Gasteiger partial charge < -0.3 is 14.0 Å². The van der Waals surface area contributed by atoms with E-state index in [1.165, 1.54) is 24.3 Å². The van der Waals surface area contributed by atoms with Gasteiger partial charge in [-0.3, -0.25) is 0 Å². The van der Waals surface area contributed by atoms with Gasteiger partial charge in [0.2, 0.25) is 0 Å². The van der Waals surface area contributed by atoms with Crippen molar-refractivity contribution in [2.24, 2.45) is 0 Å². The van der Waals surface area contributed by atoms with Gasteiger partial charge in [0.05, 0.1) is 13.1 Å². The van der Waals surface area contributed by atoms with Crippen molar-refractivity contribution < 1.29 is 17.6 Å². The Morgan fingerprint density at radius 2 is 0.800 bits per heavy atom. The van der Waals surface area contributed by atoms with Crippen LogP contribution in [0.15, 0.2) is 164 Å². The zero-order chi connectivity index (χ0) is 37.2. The highest BCUT2D eigenvalue weighted by molar-refractivity contribution is 6.11. The number of para-hydroxylation sites is 2. The molecule has 0 aliphatic rings. The Bertz CT molecular complexity index is 2950. The van der Waals surface area contributed by atoms with Gasteiger partial charge in [-0.1, -0.05) is 78.9 Å². The first kappa shape index (κ1) is 32.8. The van der Waals surface area contributed by atoms with Crippen molar-refractivity contribution in [3.63, 3.8) is 0 Å². The molecule has 0 saturated carbocycles. The number of hydrogen-bond acceptors (Lipinski definition) is 1. The lowest BCUT2D eigenvalue weighted by atomic mass is 10.1. The minimum absolute atomic E-state index is 0.242. The van der Waals surface area contributed by atoms with E-state index < -0.39 is 23.3 Å². The largest absolute Gasteiger partial charge is 0.336 e. The second-order valence-electron chi connectivity index (χ2n) is 13.9. The summed E-state index contributed by atoms with van der Waals surface area (Å²) in [5.74, 6) is -2.37. The first-order valence-electron chi connectivity index (χ1n) is 18.1. The lowest BCUT2D eigenvalue weighted by Gasteiger charge is -2.26. The Kier molecular flexibility index (Phi) is 7.70. The van der Waals surface area contributed by atoms with Crippen LogP contribution in [-0.4, -0.2) is 9.13 Å². The van der Waals surface area contributed by atoms with Gasteiger partial charge in [0.1, 0.15) is 23.3 Å². The maximum atomic E-state index is 15.0. The molecule has 55 heavy (non-hydrogen) atoms. The van der Waals surface area contributed by atoms with Crippen LogP contribution in [0.4, 0.5) is 34.6 Å². The van der Waals surface area contributed by atoms with Crippen LogP contribution in [-0.2, 0) is 13.1 Å². The number of nitrogens with zero attached hydrogens (tertiary/aromatic N) is 3. The molecular weight excluding hydrogens is 695 g/mol. The van der Waals surface area contributed by atoms with Crippen molar-refractivity contribution in [2.75, 3.05) is 4.90 Å². The molecule has 0 fully saturated rings. The molecule has 266 valence electrons. The topological polar surface area (TPSA) is 13.1 Å². The summed E-state index contributed by atoms with van der Waals surface area (Å²) in [6.07, 6.45) is 0. The maximum Gasteiger partial charge on any atom is 0.131 e. The van der Waals surface area contributed by atoms with Crippen LogP contribution in [0, 0.1) is 23.3 Å². The van der Waals surface area contributed by atoms with Crippen LogP contribution in [0.3, 0.4) is 0 Å². The fourth-order valence-corrected chi connectivity index (χ4v) is 8.11. The Hall–Kier alpha value is -6.86. The summed E-state index contributed by atoms with van der Waals surface area (Å²) in [6, 6.07) is 50.9. The average molecular weight is 726 g/mol. The first-order chi connectivity index (χ1) is 26.9. The van der Waals surface area contributed by atoms with Gasteiger partial charge in [0, 0.05) is 83.9 Å². The number of hydrogen-bond donors (Lipinski definition) is 0. The summed E-state index contributed by atoms with van der Waals surface area (Å²) in [5.41, 5.74) is 7.38. The van der Waals surface area contributed by atoms with Crippen LogP contribution in [0.25, 0.3) is 54.4 Å². The van der Waals surface area contributed by atoms with Crippen molar-refractivity contribution in [3.05, 3.63) is 198 Å². The molecule has 2 heterocycles. The molecule has 0 aliphatic heterocycles. The molecule has 3 nitrogen and oxygen atoms in total. The number of fused-ring (bicyclic) bond motifs is 7. The van der Waals surface area contributed by atoms with E-state index in [2.05, 4.69) is 92.9 Å². The third-order valence-electron chi connectivity index (χ3n) is 10.7. The van der Waals surface area contributed by atoms with Gasteiger partial charge in [-0.25, -0.2) is 17.6 Å². The minimum atomic E-state index is -0.605. The van der Waals surface area contributed by atoms with E-state index in [1.807, 2.05) is 48.5 Å². The van der Waals surface area contributed by atoms with E-state index in [4.69, 9.17) is 0 Å². The Balaban J connectivity index is 1.17. The van der Waals surface area contributed by atoms with Crippen LogP contribution in [0.5, 0.6) is 0 Å². The van der Waals surface area contributed by atoms with E-state index in [0.29, 0.717) is 11.1 Å². The van der Waals surface area contributed by atoms with Gasteiger partial charge in [0.25, 0.3) is 0 Å². The summed E-state index contributed by atoms with van der Waals surface area (Å²) in [7, 11) is 0. The Labute approximate surface area is 313 Å². The predicted octanol–water partition coefficient (Wildman–Crippen LogP) is 13.2. The second-order valence-corrected chi connectivity index (χ2v) is 13.9. The van der Waals surface area contributed by atoms with Crippen LogP contribution >= 0.6 is 0 Å². The average Bonchev–Trinajstić information content (AvgIpc) is 3.68. The SMILES string of the molecule is Fc1ccc(Cn2c3ccccc3c3cc(N(c4ccc5ccccc5c4)c4ccc5c(c4)c4ccccc4n5Cc4ccc(F)cc4F)ccc32)c(F)c1. The van der Waals surface area contributed by atoms with Gasteiger partial charge in [-0.05, 0) is 83.6 Å². The number of benzene rings is 8. The molecule has 0 spiro atoms. The second kappa shape index (κ2) is 12.9. The first-order valence-corrected chi connectivity index (χ1v) is 18.1. The van der Waals surface area contributed by atoms with Gasteiger partial charge in [0.15, 0.2) is 0 Å². The molecular formula is C48H31F4N3. The summed E-state index contributed by atoms with van der Waals surface area (Å²) in [4.78, 5) is 2.24. The third kappa shape index (κ3) is 5.59. The van der Waals surface area contributed by atoms with E-state index in [1.54, 1.807) is 0 Å². The molecule has 0 bridgehead atoms. The van der Waals surface area contributed by atoms with Crippen LogP contribution < -0.4 is 4.90 Å². The lowest BCUT2D eigenvalue weighted by molar-refractivity contribution is 0.568. The van der Waals surface area contributed by atoms with Crippen molar-refractivity contribution in [1.29, 1.82) is 0 Å². The Morgan fingerprint density at radius 1 is 0.364 bits per heavy atom. The molecule has 0 unspecified atom stereocenters. The molecule has 0 saturated heterocycles. The zero-order valence-electron chi connectivity index (χ0n) is 29.4. The third-order valence-corrected chi connectivity index (χ3v) is 10.7. The van der Waals surface area contributed by atoms with E-state index >= 15 is 0 Å². The van der Waals surface area contributed by atoms with E-state index in [0.717, 1.165) is 83.6 Å². The Morgan fingerprint density at radius 3 is 1.33 bits per heavy atom. The highest BCUT2D eigenvalue weighted by atomic mass is 19.1. The molecule has 2 aromatic heterocycles. The normalized spacial score (nSPS) is 11.8. The fourth-order valence-electron chi connectivity index (χ4n) is 8.11. The standard InChI is InChI=1S/C48H31F4N3/c49-34-16-13-32(43(51)24-34)28-53-45-11-5-3-9-39(45)41-26-37(19-21-47(41)53)55(36-18-15-30-7-1-2-8-31(30)23-36)38-20-22-48-42(27-38)40-10-4-6-12-46(40)54(48)29-33-14-17-35(50)25-44(33)52/h1-27H,28-29H2. The lowest BCUT2D eigenvalue weighted by Crippen LogP contribution is -2.10. The van der Waals surface area contributed by atoms with Crippen molar-refractivity contribution in [3.8, 4) is 0 Å². The predicted molar refractivity (Wildman–Crippen MR) is 216 cm³/mol. The fraction of sp³-hybridized carbons (Fsp3) is 0.0417. The van der Waals surface area contributed by atoms with Gasteiger partial charge in [-0.2, -0.15) is 0 Å². The number of anilines is 3. The maximum absolute atomic E-state index is 15.0. The highest BCUT2D eigenvalue weighted by Gasteiger charge is 2.20. The molecule has 10 rings (SSSR count). The van der Waals surface area contributed by atoms with Gasteiger partial charge >= 0.3 is 0 Å². The van der Waals surface area contributed by atoms with Crippen molar-refractivity contribution in [2.45, 2.75) is 13.1 Å². The smallest absolute Gasteiger partial charge is 0.131 e. The molecule has 0 radical (unpaired) electrons. The van der Waals surface area contributed by atoms with Crippen LogP contribution in [0.1, 0.15) is 11.1 Å². The molecule has 8 aromatic carbocycles. The quantitative estimate of drug-likeness (QED) is 0.149. The number of halogens is 4. The molecule has 0 atom stereocenters. The number of rotatable bonds is 7.